The van der Waals surface area contributed by atoms with Crippen LogP contribution < -0.4 is 0 Å². The Bertz CT molecular complexity index is 439. The Morgan fingerprint density at radius 2 is 2.36 bits per heavy atom. The van der Waals surface area contributed by atoms with Gasteiger partial charge in [-0.05, 0) is 40.5 Å². The molecular formula is C10H11BrN2O. The molecule has 0 fully saturated rings. The molecule has 1 N–H and O–H groups in total. The minimum Gasteiger partial charge on any atom is -0.396 e. The average Bonchev–Trinajstić information content (AvgIpc) is 2.51. The second-order valence-corrected chi connectivity index (χ2v) is 3.92. The second-order valence-electron chi connectivity index (χ2n) is 3.11. The first kappa shape index (κ1) is 9.68. The van der Waals surface area contributed by atoms with Crippen molar-refractivity contribution in [3.8, 4) is 0 Å². The predicted octanol–water partition coefficient (Wildman–Crippen LogP) is 2.18. The molecule has 2 heterocycles. The lowest BCUT2D eigenvalue weighted by Crippen LogP contribution is -2.00. The molecule has 0 unspecified atom stereocenters. The summed E-state index contributed by atoms with van der Waals surface area (Å²) >= 11 is 3.48. The number of hydrogen-bond acceptors (Lipinski definition) is 2. The van der Waals surface area contributed by atoms with Crippen LogP contribution in [0, 0.1) is 0 Å². The SMILES string of the molecule is OCCCn1c(Br)cc2cccnc21. The fourth-order valence-electron chi connectivity index (χ4n) is 1.50. The van der Waals surface area contributed by atoms with Crippen LogP contribution in [0.2, 0.25) is 0 Å². The third kappa shape index (κ3) is 1.67. The van der Waals surface area contributed by atoms with E-state index in [0.29, 0.717) is 0 Å². The van der Waals surface area contributed by atoms with Gasteiger partial charge in [0.05, 0.1) is 4.60 Å². The molecule has 0 radical (unpaired) electrons. The Morgan fingerprint density at radius 1 is 1.50 bits per heavy atom. The van der Waals surface area contributed by atoms with E-state index in [1.54, 1.807) is 6.20 Å². The van der Waals surface area contributed by atoms with E-state index in [2.05, 4.69) is 25.5 Å². The molecule has 0 aromatic carbocycles. The number of fused-ring (bicyclic) bond motifs is 1. The third-order valence-corrected chi connectivity index (χ3v) is 2.80. The van der Waals surface area contributed by atoms with Crippen LogP contribution in [0.25, 0.3) is 11.0 Å². The smallest absolute Gasteiger partial charge is 0.140 e. The molecule has 0 aliphatic carbocycles. The number of halogens is 1. The lowest BCUT2D eigenvalue weighted by Gasteiger charge is -2.04. The second kappa shape index (κ2) is 4.11. The maximum atomic E-state index is 8.78. The molecule has 74 valence electrons. The average molecular weight is 255 g/mol. The van der Waals surface area contributed by atoms with Crippen molar-refractivity contribution in [2.45, 2.75) is 13.0 Å². The normalized spacial score (nSPS) is 11.0. The van der Waals surface area contributed by atoms with Gasteiger partial charge in [-0.25, -0.2) is 4.98 Å². The quantitative estimate of drug-likeness (QED) is 0.912. The molecule has 0 spiro atoms. The van der Waals surface area contributed by atoms with Crippen molar-refractivity contribution in [2.75, 3.05) is 6.61 Å². The van der Waals surface area contributed by atoms with Crippen molar-refractivity contribution in [3.05, 3.63) is 29.0 Å². The molecule has 0 atom stereocenters. The summed E-state index contributed by atoms with van der Waals surface area (Å²) in [5, 5.41) is 9.90. The van der Waals surface area contributed by atoms with Gasteiger partial charge in [0, 0.05) is 24.7 Å². The minimum absolute atomic E-state index is 0.207. The van der Waals surface area contributed by atoms with Crippen molar-refractivity contribution in [2.24, 2.45) is 0 Å². The molecule has 14 heavy (non-hydrogen) atoms. The molecule has 2 aromatic rings. The summed E-state index contributed by atoms with van der Waals surface area (Å²) in [7, 11) is 0. The largest absolute Gasteiger partial charge is 0.396 e. The van der Waals surface area contributed by atoms with Gasteiger partial charge in [0.1, 0.15) is 5.65 Å². The van der Waals surface area contributed by atoms with E-state index in [4.69, 9.17) is 5.11 Å². The summed E-state index contributed by atoms with van der Waals surface area (Å²) in [6.07, 6.45) is 2.53. The number of hydrogen-bond donors (Lipinski definition) is 1. The van der Waals surface area contributed by atoms with E-state index in [-0.39, 0.29) is 6.61 Å². The number of aliphatic hydroxyl groups is 1. The van der Waals surface area contributed by atoms with Gasteiger partial charge >= 0.3 is 0 Å². The van der Waals surface area contributed by atoms with Crippen molar-refractivity contribution in [3.63, 3.8) is 0 Å². The van der Waals surface area contributed by atoms with Gasteiger partial charge in [0.15, 0.2) is 0 Å². The van der Waals surface area contributed by atoms with Crippen LogP contribution in [0.5, 0.6) is 0 Å². The molecule has 0 aliphatic rings. The summed E-state index contributed by atoms with van der Waals surface area (Å²) < 4.78 is 3.07. The summed E-state index contributed by atoms with van der Waals surface area (Å²) in [5.74, 6) is 0. The van der Waals surface area contributed by atoms with Crippen LogP contribution in [-0.4, -0.2) is 21.3 Å². The standard InChI is InChI=1S/C10H11BrN2O/c11-9-7-8-3-1-4-12-10(8)13(9)5-2-6-14/h1,3-4,7,14H,2,5-6H2. The van der Waals surface area contributed by atoms with E-state index in [9.17, 15) is 0 Å². The zero-order chi connectivity index (χ0) is 9.97. The van der Waals surface area contributed by atoms with Crippen LogP contribution >= 0.6 is 15.9 Å². The first-order valence-corrected chi connectivity index (χ1v) is 5.33. The molecular weight excluding hydrogens is 244 g/mol. The van der Waals surface area contributed by atoms with E-state index in [0.717, 1.165) is 28.6 Å². The van der Waals surface area contributed by atoms with Crippen molar-refractivity contribution < 1.29 is 5.11 Å². The van der Waals surface area contributed by atoms with Crippen molar-refractivity contribution in [1.29, 1.82) is 0 Å². The molecule has 2 aromatic heterocycles. The molecule has 0 saturated carbocycles. The molecule has 3 nitrogen and oxygen atoms in total. The van der Waals surface area contributed by atoms with E-state index in [1.807, 2.05) is 18.2 Å². The first-order chi connectivity index (χ1) is 6.83. The zero-order valence-electron chi connectivity index (χ0n) is 7.65. The van der Waals surface area contributed by atoms with Gasteiger partial charge in [-0.3, -0.25) is 0 Å². The van der Waals surface area contributed by atoms with Crippen LogP contribution in [0.15, 0.2) is 29.0 Å². The van der Waals surface area contributed by atoms with E-state index in [1.165, 1.54) is 0 Å². The van der Waals surface area contributed by atoms with Gasteiger partial charge < -0.3 is 9.67 Å². The highest BCUT2D eigenvalue weighted by Gasteiger charge is 2.05. The Labute approximate surface area is 90.5 Å². The monoisotopic (exact) mass is 254 g/mol. The van der Waals surface area contributed by atoms with Crippen molar-refractivity contribution >= 4 is 27.0 Å². The van der Waals surface area contributed by atoms with Gasteiger partial charge in [-0.1, -0.05) is 0 Å². The molecule has 4 heteroatoms. The topological polar surface area (TPSA) is 38.0 Å². The van der Waals surface area contributed by atoms with Crippen LogP contribution in [0.3, 0.4) is 0 Å². The van der Waals surface area contributed by atoms with E-state index >= 15 is 0 Å². The summed E-state index contributed by atoms with van der Waals surface area (Å²) in [4.78, 5) is 4.31. The van der Waals surface area contributed by atoms with Crippen LogP contribution in [0.4, 0.5) is 0 Å². The maximum absolute atomic E-state index is 8.78. The van der Waals surface area contributed by atoms with Gasteiger partial charge in [-0.2, -0.15) is 0 Å². The minimum atomic E-state index is 0.207. The van der Waals surface area contributed by atoms with Crippen LogP contribution in [0.1, 0.15) is 6.42 Å². The molecule has 0 bridgehead atoms. The number of pyridine rings is 1. The highest BCUT2D eigenvalue weighted by molar-refractivity contribution is 9.10. The first-order valence-electron chi connectivity index (χ1n) is 4.53. The Balaban J connectivity index is 2.45. The third-order valence-electron chi connectivity index (χ3n) is 2.14. The Hall–Kier alpha value is -0.870. The number of aliphatic hydroxyl groups excluding tert-OH is 1. The Morgan fingerprint density at radius 3 is 3.14 bits per heavy atom. The maximum Gasteiger partial charge on any atom is 0.140 e. The Kier molecular flexibility index (Phi) is 2.84. The molecule has 0 saturated heterocycles. The van der Waals surface area contributed by atoms with Crippen molar-refractivity contribution in [1.82, 2.24) is 9.55 Å². The van der Waals surface area contributed by atoms with E-state index < -0.39 is 0 Å². The van der Waals surface area contributed by atoms with Crippen LogP contribution in [-0.2, 0) is 6.54 Å². The fourth-order valence-corrected chi connectivity index (χ4v) is 2.09. The molecule has 0 aliphatic heterocycles. The molecule has 0 amide bonds. The summed E-state index contributed by atoms with van der Waals surface area (Å²) in [6.45, 7) is 0.997. The number of aromatic nitrogens is 2. The number of nitrogens with zero attached hydrogens (tertiary/aromatic N) is 2. The van der Waals surface area contributed by atoms with Gasteiger partial charge in [-0.15, -0.1) is 0 Å². The summed E-state index contributed by atoms with van der Waals surface area (Å²) in [5.41, 5.74) is 0.966. The predicted molar refractivity (Wildman–Crippen MR) is 59.1 cm³/mol. The molecule has 2 rings (SSSR count). The highest BCUT2D eigenvalue weighted by Crippen LogP contribution is 2.22. The van der Waals surface area contributed by atoms with Gasteiger partial charge in [0.25, 0.3) is 0 Å². The lowest BCUT2D eigenvalue weighted by molar-refractivity contribution is 0.280. The zero-order valence-corrected chi connectivity index (χ0v) is 9.24. The summed E-state index contributed by atoms with van der Waals surface area (Å²) in [6, 6.07) is 5.99. The fraction of sp³-hybridized carbons (Fsp3) is 0.300. The number of rotatable bonds is 3. The highest BCUT2D eigenvalue weighted by atomic mass is 79.9. The lowest BCUT2D eigenvalue weighted by atomic mass is 10.3. The van der Waals surface area contributed by atoms with Gasteiger partial charge in [0.2, 0.25) is 0 Å². The number of aryl methyl sites for hydroxylation is 1.